The fourth-order valence-corrected chi connectivity index (χ4v) is 2.79. The number of imidazole rings is 1. The molecule has 2 N–H and O–H groups in total. The lowest BCUT2D eigenvalue weighted by Gasteiger charge is -2.09. The molecule has 0 aliphatic heterocycles. The predicted octanol–water partition coefficient (Wildman–Crippen LogP) is 3.20. The lowest BCUT2D eigenvalue weighted by Crippen LogP contribution is -2.28. The smallest absolute Gasteiger partial charge is 0.251 e. The number of hydrogen-bond acceptors (Lipinski definition) is 3. The van der Waals surface area contributed by atoms with Crippen LogP contribution in [-0.2, 0) is 11.3 Å². The first kappa shape index (κ1) is 17.7. The standard InChI is InChI=1S/C20H22N4O2/c1-2-14-24-17-11-7-6-10-16(17)22-20(24)23-18(25)12-13-21-19(26)15-8-4-3-5-9-15/h3-11H,2,12-14H2,1H3,(H,21,26)(H,22,23,25). The van der Waals surface area contributed by atoms with Crippen molar-refractivity contribution in [2.75, 3.05) is 11.9 Å². The molecule has 0 aliphatic rings. The van der Waals surface area contributed by atoms with Crippen LogP contribution in [0.2, 0.25) is 0 Å². The van der Waals surface area contributed by atoms with Crippen molar-refractivity contribution in [1.82, 2.24) is 14.9 Å². The minimum atomic E-state index is -0.184. The van der Waals surface area contributed by atoms with E-state index in [1.165, 1.54) is 0 Å². The minimum Gasteiger partial charge on any atom is -0.352 e. The minimum absolute atomic E-state index is 0.175. The zero-order chi connectivity index (χ0) is 18.4. The van der Waals surface area contributed by atoms with Gasteiger partial charge in [-0.05, 0) is 30.7 Å². The molecule has 6 nitrogen and oxygen atoms in total. The molecule has 0 unspecified atom stereocenters. The number of anilines is 1. The van der Waals surface area contributed by atoms with Gasteiger partial charge in [-0.25, -0.2) is 4.98 Å². The number of amides is 2. The van der Waals surface area contributed by atoms with Crippen LogP contribution in [0, 0.1) is 0 Å². The molecular formula is C20H22N4O2. The van der Waals surface area contributed by atoms with Gasteiger partial charge in [-0.2, -0.15) is 0 Å². The zero-order valence-corrected chi connectivity index (χ0v) is 14.7. The third-order valence-electron chi connectivity index (χ3n) is 4.03. The second-order valence-corrected chi connectivity index (χ2v) is 6.00. The summed E-state index contributed by atoms with van der Waals surface area (Å²) in [6.45, 7) is 3.13. The van der Waals surface area contributed by atoms with Crippen LogP contribution in [0.4, 0.5) is 5.95 Å². The van der Waals surface area contributed by atoms with Crippen LogP contribution in [0.5, 0.6) is 0 Å². The van der Waals surface area contributed by atoms with E-state index in [-0.39, 0.29) is 24.8 Å². The van der Waals surface area contributed by atoms with Gasteiger partial charge in [0.05, 0.1) is 11.0 Å². The Morgan fingerprint density at radius 3 is 2.54 bits per heavy atom. The molecule has 0 spiro atoms. The van der Waals surface area contributed by atoms with Crippen LogP contribution < -0.4 is 10.6 Å². The number of hydrogen-bond donors (Lipinski definition) is 2. The Morgan fingerprint density at radius 1 is 1.04 bits per heavy atom. The highest BCUT2D eigenvalue weighted by Gasteiger charge is 2.13. The first-order valence-electron chi connectivity index (χ1n) is 8.77. The summed E-state index contributed by atoms with van der Waals surface area (Å²) < 4.78 is 2.01. The number of aromatic nitrogens is 2. The molecule has 0 saturated heterocycles. The molecule has 6 heteroatoms. The van der Waals surface area contributed by atoms with Crippen molar-refractivity contribution in [3.63, 3.8) is 0 Å². The van der Waals surface area contributed by atoms with Gasteiger partial charge in [0, 0.05) is 25.1 Å². The summed E-state index contributed by atoms with van der Waals surface area (Å²) in [5, 5.41) is 5.61. The van der Waals surface area contributed by atoms with Crippen molar-refractivity contribution in [3.05, 3.63) is 60.2 Å². The van der Waals surface area contributed by atoms with Crippen molar-refractivity contribution in [1.29, 1.82) is 0 Å². The number of para-hydroxylation sites is 2. The van der Waals surface area contributed by atoms with E-state index in [0.717, 1.165) is 24.0 Å². The Labute approximate surface area is 152 Å². The number of rotatable bonds is 7. The third-order valence-corrected chi connectivity index (χ3v) is 4.03. The molecule has 3 aromatic rings. The fraction of sp³-hybridized carbons (Fsp3) is 0.250. The molecule has 0 atom stereocenters. The number of nitrogens with zero attached hydrogens (tertiary/aromatic N) is 2. The maximum atomic E-state index is 12.2. The van der Waals surface area contributed by atoms with E-state index >= 15 is 0 Å². The number of nitrogens with one attached hydrogen (secondary N) is 2. The third kappa shape index (κ3) is 4.08. The molecule has 0 radical (unpaired) electrons. The van der Waals surface area contributed by atoms with Crippen molar-refractivity contribution < 1.29 is 9.59 Å². The van der Waals surface area contributed by atoms with E-state index in [0.29, 0.717) is 11.5 Å². The highest BCUT2D eigenvalue weighted by Crippen LogP contribution is 2.20. The van der Waals surface area contributed by atoms with Crippen molar-refractivity contribution in [3.8, 4) is 0 Å². The van der Waals surface area contributed by atoms with Gasteiger partial charge in [0.1, 0.15) is 0 Å². The fourth-order valence-electron chi connectivity index (χ4n) is 2.79. The van der Waals surface area contributed by atoms with Gasteiger partial charge in [0.2, 0.25) is 11.9 Å². The highest BCUT2D eigenvalue weighted by atomic mass is 16.2. The summed E-state index contributed by atoms with van der Waals surface area (Å²) in [5.41, 5.74) is 2.44. The van der Waals surface area contributed by atoms with Crippen molar-refractivity contribution >= 4 is 28.8 Å². The Balaban J connectivity index is 1.59. The molecule has 2 amide bonds. The average molecular weight is 350 g/mol. The lowest BCUT2D eigenvalue weighted by atomic mass is 10.2. The van der Waals surface area contributed by atoms with Gasteiger partial charge in [-0.15, -0.1) is 0 Å². The summed E-state index contributed by atoms with van der Waals surface area (Å²) in [7, 11) is 0. The molecule has 0 aliphatic carbocycles. The topological polar surface area (TPSA) is 76.0 Å². The molecule has 0 fully saturated rings. The van der Waals surface area contributed by atoms with E-state index < -0.39 is 0 Å². The Morgan fingerprint density at radius 2 is 1.77 bits per heavy atom. The maximum absolute atomic E-state index is 12.2. The van der Waals surface area contributed by atoms with E-state index in [2.05, 4.69) is 22.5 Å². The summed E-state index contributed by atoms with van der Waals surface area (Å²) in [6, 6.07) is 16.7. The predicted molar refractivity (Wildman–Crippen MR) is 102 cm³/mol. The van der Waals surface area contributed by atoms with E-state index in [9.17, 15) is 9.59 Å². The molecule has 0 saturated carbocycles. The lowest BCUT2D eigenvalue weighted by molar-refractivity contribution is -0.116. The monoisotopic (exact) mass is 350 g/mol. The molecule has 1 aromatic heterocycles. The van der Waals surface area contributed by atoms with E-state index in [1.807, 2.05) is 34.9 Å². The van der Waals surface area contributed by atoms with Gasteiger partial charge in [0.15, 0.2) is 0 Å². The molecule has 134 valence electrons. The number of benzene rings is 2. The van der Waals surface area contributed by atoms with Gasteiger partial charge >= 0.3 is 0 Å². The number of carbonyl (C=O) groups excluding carboxylic acids is 2. The number of aryl methyl sites for hydroxylation is 1. The average Bonchev–Trinajstić information content (AvgIpc) is 3.00. The highest BCUT2D eigenvalue weighted by molar-refractivity contribution is 5.95. The van der Waals surface area contributed by atoms with Crippen LogP contribution in [0.1, 0.15) is 30.1 Å². The van der Waals surface area contributed by atoms with Crippen molar-refractivity contribution in [2.24, 2.45) is 0 Å². The summed E-state index contributed by atoms with van der Waals surface area (Å²) in [6.07, 6.45) is 1.13. The molecule has 26 heavy (non-hydrogen) atoms. The number of fused-ring (bicyclic) bond motifs is 1. The molecule has 0 bridgehead atoms. The second-order valence-electron chi connectivity index (χ2n) is 6.00. The Hall–Kier alpha value is -3.15. The van der Waals surface area contributed by atoms with Crippen molar-refractivity contribution in [2.45, 2.75) is 26.3 Å². The first-order valence-corrected chi connectivity index (χ1v) is 8.77. The maximum Gasteiger partial charge on any atom is 0.251 e. The first-order chi connectivity index (χ1) is 12.7. The quantitative estimate of drug-likeness (QED) is 0.687. The van der Waals surface area contributed by atoms with Gasteiger partial charge in [-0.1, -0.05) is 37.3 Å². The van der Waals surface area contributed by atoms with Crippen LogP contribution in [0.15, 0.2) is 54.6 Å². The van der Waals surface area contributed by atoms with E-state index in [1.54, 1.807) is 24.3 Å². The molecule has 1 heterocycles. The van der Waals surface area contributed by atoms with Gasteiger partial charge in [-0.3, -0.25) is 14.9 Å². The zero-order valence-electron chi connectivity index (χ0n) is 14.7. The van der Waals surface area contributed by atoms with Gasteiger partial charge < -0.3 is 9.88 Å². The SMILES string of the molecule is CCCn1c(NC(=O)CCNC(=O)c2ccccc2)nc2ccccc21. The second kappa shape index (κ2) is 8.29. The van der Waals surface area contributed by atoms with Crippen LogP contribution in [0.3, 0.4) is 0 Å². The van der Waals surface area contributed by atoms with Crippen LogP contribution in [0.25, 0.3) is 11.0 Å². The Kier molecular flexibility index (Phi) is 5.63. The van der Waals surface area contributed by atoms with E-state index in [4.69, 9.17) is 0 Å². The van der Waals surface area contributed by atoms with Crippen LogP contribution >= 0.6 is 0 Å². The Bertz CT molecular complexity index is 903. The summed E-state index contributed by atoms with van der Waals surface area (Å²) in [4.78, 5) is 28.7. The number of carbonyl (C=O) groups is 2. The largest absolute Gasteiger partial charge is 0.352 e. The van der Waals surface area contributed by atoms with Gasteiger partial charge in [0.25, 0.3) is 5.91 Å². The molecule has 2 aromatic carbocycles. The molecule has 3 rings (SSSR count). The summed E-state index contributed by atoms with van der Waals surface area (Å²) >= 11 is 0. The normalized spacial score (nSPS) is 10.7. The van der Waals surface area contributed by atoms with Crippen LogP contribution in [-0.4, -0.2) is 27.9 Å². The molecular weight excluding hydrogens is 328 g/mol. The summed E-state index contributed by atoms with van der Waals surface area (Å²) in [5.74, 6) is 0.190.